The van der Waals surface area contributed by atoms with E-state index in [2.05, 4.69) is 10.3 Å². The van der Waals surface area contributed by atoms with E-state index in [0.717, 1.165) is 5.75 Å². The number of carbonyl (C=O) groups is 1. The number of benzene rings is 3. The lowest BCUT2D eigenvalue weighted by Gasteiger charge is -2.14. The molecule has 0 aliphatic heterocycles. The number of rotatable bonds is 7. The van der Waals surface area contributed by atoms with Gasteiger partial charge in [0.25, 0.3) is 5.56 Å². The van der Waals surface area contributed by atoms with Gasteiger partial charge in [-0.05, 0) is 61.5 Å². The largest absolute Gasteiger partial charge is 0.494 e. The van der Waals surface area contributed by atoms with Crippen molar-refractivity contribution in [3.63, 3.8) is 0 Å². The molecule has 1 amide bonds. The van der Waals surface area contributed by atoms with Gasteiger partial charge in [0.2, 0.25) is 5.91 Å². The lowest BCUT2D eigenvalue weighted by molar-refractivity contribution is -0.116. The molecule has 0 radical (unpaired) electrons. The highest BCUT2D eigenvalue weighted by molar-refractivity contribution is 6.31. The highest BCUT2D eigenvalue weighted by atomic mass is 35.5. The van der Waals surface area contributed by atoms with E-state index >= 15 is 0 Å². The fourth-order valence-electron chi connectivity index (χ4n) is 3.20. The summed E-state index contributed by atoms with van der Waals surface area (Å²) in [5.74, 6) is 1.32. The predicted molar refractivity (Wildman–Crippen MR) is 124 cm³/mol. The quantitative estimate of drug-likeness (QED) is 0.435. The third-order valence-electron chi connectivity index (χ3n) is 4.63. The van der Waals surface area contributed by atoms with Gasteiger partial charge in [-0.25, -0.2) is 4.98 Å². The topological polar surface area (TPSA) is 82.5 Å². The molecule has 0 unspecified atom stereocenters. The summed E-state index contributed by atoms with van der Waals surface area (Å²) in [4.78, 5) is 29.2. The Morgan fingerprint density at radius 2 is 1.81 bits per heavy atom. The van der Waals surface area contributed by atoms with Crippen LogP contribution in [0.25, 0.3) is 11.0 Å². The van der Waals surface area contributed by atoms with Crippen LogP contribution in [0, 0.1) is 0 Å². The minimum atomic E-state index is -0.401. The van der Waals surface area contributed by atoms with Crippen LogP contribution in [-0.4, -0.2) is 22.1 Å². The number of halogens is 1. The van der Waals surface area contributed by atoms with Gasteiger partial charge >= 0.3 is 0 Å². The number of anilines is 1. The molecule has 0 bridgehead atoms. The molecule has 4 aromatic rings. The van der Waals surface area contributed by atoms with Crippen molar-refractivity contribution in [2.75, 3.05) is 11.9 Å². The van der Waals surface area contributed by atoms with Crippen molar-refractivity contribution in [3.8, 4) is 17.2 Å². The number of hydrogen-bond donors (Lipinski definition) is 1. The molecule has 0 saturated heterocycles. The Kier molecular flexibility index (Phi) is 6.37. The number of ether oxygens (including phenoxy) is 2. The maximum absolute atomic E-state index is 12.8. The number of hydrogen-bond acceptors (Lipinski definition) is 5. The molecular formula is C24H20ClN3O4. The zero-order valence-corrected chi connectivity index (χ0v) is 18.0. The minimum Gasteiger partial charge on any atom is -0.494 e. The molecule has 0 atom stereocenters. The highest BCUT2D eigenvalue weighted by Crippen LogP contribution is 2.32. The molecule has 0 aliphatic carbocycles. The summed E-state index contributed by atoms with van der Waals surface area (Å²) in [7, 11) is 0. The zero-order chi connectivity index (χ0) is 22.5. The molecule has 1 aromatic heterocycles. The van der Waals surface area contributed by atoms with E-state index < -0.39 is 5.91 Å². The number of carbonyl (C=O) groups excluding carboxylic acids is 1. The van der Waals surface area contributed by atoms with Crippen molar-refractivity contribution in [1.29, 1.82) is 0 Å². The van der Waals surface area contributed by atoms with Crippen LogP contribution in [0.3, 0.4) is 0 Å². The second-order valence-corrected chi connectivity index (χ2v) is 7.30. The molecule has 7 nitrogen and oxygen atoms in total. The van der Waals surface area contributed by atoms with Crippen LogP contribution in [0.5, 0.6) is 17.2 Å². The van der Waals surface area contributed by atoms with Crippen molar-refractivity contribution in [1.82, 2.24) is 9.55 Å². The molecule has 0 aliphatic rings. The molecule has 4 rings (SSSR count). The van der Waals surface area contributed by atoms with Crippen molar-refractivity contribution >= 4 is 34.2 Å². The van der Waals surface area contributed by atoms with Gasteiger partial charge in [0.15, 0.2) is 5.75 Å². The normalized spacial score (nSPS) is 10.7. The van der Waals surface area contributed by atoms with Crippen LogP contribution in [0.4, 0.5) is 5.69 Å². The average molecular weight is 450 g/mol. The lowest BCUT2D eigenvalue weighted by Crippen LogP contribution is -2.28. The Morgan fingerprint density at radius 1 is 1.06 bits per heavy atom. The Hall–Kier alpha value is -3.84. The lowest BCUT2D eigenvalue weighted by atomic mass is 10.2. The third kappa shape index (κ3) is 4.90. The van der Waals surface area contributed by atoms with E-state index in [4.69, 9.17) is 21.1 Å². The summed E-state index contributed by atoms with van der Waals surface area (Å²) in [5, 5.41) is 3.23. The van der Waals surface area contributed by atoms with E-state index in [1.807, 2.05) is 13.0 Å². The highest BCUT2D eigenvalue weighted by Gasteiger charge is 2.13. The fraction of sp³-hybridized carbons (Fsp3) is 0.125. The van der Waals surface area contributed by atoms with Gasteiger partial charge in [-0.2, -0.15) is 0 Å². The van der Waals surface area contributed by atoms with Crippen LogP contribution < -0.4 is 20.3 Å². The Labute approximate surface area is 189 Å². The van der Waals surface area contributed by atoms with Crippen LogP contribution >= 0.6 is 11.6 Å². The van der Waals surface area contributed by atoms with Crippen LogP contribution in [0.1, 0.15) is 6.92 Å². The molecule has 1 N–H and O–H groups in total. The minimum absolute atomic E-state index is 0.184. The zero-order valence-electron chi connectivity index (χ0n) is 17.2. The first kappa shape index (κ1) is 21.4. The molecule has 32 heavy (non-hydrogen) atoms. The van der Waals surface area contributed by atoms with Gasteiger partial charge in [0.05, 0.1) is 29.5 Å². The smallest absolute Gasteiger partial charge is 0.269 e. The molecule has 8 heteroatoms. The predicted octanol–water partition coefficient (Wildman–Crippen LogP) is 4.88. The van der Waals surface area contributed by atoms with E-state index in [-0.39, 0.29) is 12.1 Å². The van der Waals surface area contributed by atoms with Crippen molar-refractivity contribution in [2.45, 2.75) is 13.5 Å². The summed E-state index contributed by atoms with van der Waals surface area (Å²) in [6, 6.07) is 19.2. The molecular weight excluding hydrogens is 430 g/mol. The molecule has 1 heterocycles. The fourth-order valence-corrected chi connectivity index (χ4v) is 3.37. The van der Waals surface area contributed by atoms with Gasteiger partial charge in [-0.15, -0.1) is 0 Å². The van der Waals surface area contributed by atoms with E-state index in [1.54, 1.807) is 60.7 Å². The number of fused-ring (bicyclic) bond motifs is 1. The summed E-state index contributed by atoms with van der Waals surface area (Å²) < 4.78 is 12.7. The SMILES string of the molecule is CCOc1ccc(Oc2ccc(Cl)cc2NC(=O)Cn2c(=O)cnc3ccccc32)cc1. The number of para-hydroxylation sites is 2. The van der Waals surface area contributed by atoms with Crippen molar-refractivity contribution < 1.29 is 14.3 Å². The summed E-state index contributed by atoms with van der Waals surface area (Å²) in [5.41, 5.74) is 1.23. The van der Waals surface area contributed by atoms with Crippen LogP contribution in [0.15, 0.2) is 77.7 Å². The first-order valence-corrected chi connectivity index (χ1v) is 10.4. The summed E-state index contributed by atoms with van der Waals surface area (Å²) >= 11 is 6.14. The maximum Gasteiger partial charge on any atom is 0.269 e. The summed E-state index contributed by atoms with van der Waals surface area (Å²) in [6.45, 7) is 2.30. The standard InChI is InChI=1S/C24H20ClN3O4/c1-2-31-17-8-10-18(11-9-17)32-22-12-7-16(25)13-20(22)27-23(29)15-28-21-6-4-3-5-19(21)26-14-24(28)30/h3-14H,2,15H2,1H3,(H,27,29). The molecule has 0 fully saturated rings. The second-order valence-electron chi connectivity index (χ2n) is 6.87. The average Bonchev–Trinajstić information content (AvgIpc) is 2.79. The second kappa shape index (κ2) is 9.53. The maximum atomic E-state index is 12.8. The van der Waals surface area contributed by atoms with Crippen LogP contribution in [0.2, 0.25) is 5.02 Å². The number of nitrogens with zero attached hydrogens (tertiary/aromatic N) is 2. The molecule has 162 valence electrons. The first-order valence-electron chi connectivity index (χ1n) is 9.98. The third-order valence-corrected chi connectivity index (χ3v) is 4.87. The summed E-state index contributed by atoms with van der Waals surface area (Å²) in [6.07, 6.45) is 1.20. The number of aromatic nitrogens is 2. The van der Waals surface area contributed by atoms with Crippen molar-refractivity contribution in [3.05, 3.63) is 88.3 Å². The Balaban J connectivity index is 1.56. The van der Waals surface area contributed by atoms with E-state index in [1.165, 1.54) is 10.8 Å². The van der Waals surface area contributed by atoms with E-state index in [0.29, 0.717) is 39.8 Å². The molecule has 3 aromatic carbocycles. The van der Waals surface area contributed by atoms with Gasteiger partial charge < -0.3 is 14.8 Å². The van der Waals surface area contributed by atoms with Gasteiger partial charge in [-0.1, -0.05) is 23.7 Å². The van der Waals surface area contributed by atoms with E-state index in [9.17, 15) is 9.59 Å². The Bertz CT molecular complexity index is 1320. The molecule has 0 saturated carbocycles. The Morgan fingerprint density at radius 3 is 2.59 bits per heavy atom. The van der Waals surface area contributed by atoms with Crippen LogP contribution in [-0.2, 0) is 11.3 Å². The van der Waals surface area contributed by atoms with Crippen molar-refractivity contribution in [2.24, 2.45) is 0 Å². The number of amides is 1. The van der Waals surface area contributed by atoms with Gasteiger partial charge in [0, 0.05) is 5.02 Å². The first-order chi connectivity index (χ1) is 15.5. The van der Waals surface area contributed by atoms with Gasteiger partial charge in [0.1, 0.15) is 18.0 Å². The monoisotopic (exact) mass is 449 g/mol. The molecule has 0 spiro atoms. The number of nitrogens with one attached hydrogen (secondary N) is 1. The van der Waals surface area contributed by atoms with Gasteiger partial charge in [-0.3, -0.25) is 14.2 Å².